The van der Waals surface area contributed by atoms with Crippen LogP contribution in [0, 0.1) is 6.92 Å². The maximum absolute atomic E-state index is 13.1. The molecule has 3 aliphatic rings. The highest BCUT2D eigenvalue weighted by atomic mass is 16.5. The lowest BCUT2D eigenvalue weighted by Gasteiger charge is -2.32. The number of aliphatic hydroxyl groups excluding tert-OH is 1. The lowest BCUT2D eigenvalue weighted by molar-refractivity contribution is -0.133. The summed E-state index contributed by atoms with van der Waals surface area (Å²) in [4.78, 5) is 29.9. The largest absolute Gasteiger partial charge is 0.490 e. The number of benzene rings is 1. The molecule has 8 nitrogen and oxygen atoms in total. The van der Waals surface area contributed by atoms with Gasteiger partial charge in [-0.15, -0.1) is 0 Å². The van der Waals surface area contributed by atoms with Crippen LogP contribution in [0.25, 0.3) is 0 Å². The lowest BCUT2D eigenvalue weighted by Crippen LogP contribution is -2.43. The Bertz CT molecular complexity index is 1050. The number of likely N-dealkylation sites (tertiary alicyclic amines) is 2. The van der Waals surface area contributed by atoms with Crippen LogP contribution in [0.15, 0.2) is 24.3 Å². The summed E-state index contributed by atoms with van der Waals surface area (Å²) in [6.45, 7) is 4.67. The molecule has 0 atom stereocenters. The maximum Gasteiger partial charge on any atom is 0.274 e. The molecule has 34 heavy (non-hydrogen) atoms. The highest BCUT2D eigenvalue weighted by molar-refractivity contribution is 5.94. The fourth-order valence-corrected chi connectivity index (χ4v) is 5.35. The number of carbonyl (C=O) groups excluding carboxylic acids is 2. The Morgan fingerprint density at radius 2 is 1.74 bits per heavy atom. The quantitative estimate of drug-likeness (QED) is 0.731. The molecule has 5 rings (SSSR count). The molecule has 2 aliphatic heterocycles. The molecule has 2 saturated heterocycles. The fourth-order valence-electron chi connectivity index (χ4n) is 5.35. The number of amides is 2. The van der Waals surface area contributed by atoms with Crippen LogP contribution in [0.3, 0.4) is 0 Å². The predicted molar refractivity (Wildman–Crippen MR) is 127 cm³/mol. The van der Waals surface area contributed by atoms with Gasteiger partial charge in [-0.3, -0.25) is 14.3 Å². The summed E-state index contributed by atoms with van der Waals surface area (Å²) in [6.07, 6.45) is 5.30. The molecule has 0 spiro atoms. The van der Waals surface area contributed by atoms with Crippen LogP contribution < -0.4 is 4.74 Å². The van der Waals surface area contributed by atoms with E-state index in [4.69, 9.17) is 4.74 Å². The van der Waals surface area contributed by atoms with Crippen molar-refractivity contribution in [3.8, 4) is 5.75 Å². The summed E-state index contributed by atoms with van der Waals surface area (Å²) in [5, 5.41) is 14.4. The van der Waals surface area contributed by atoms with Gasteiger partial charge in [-0.1, -0.05) is 18.2 Å². The number of aryl methyl sites for hydroxylation is 1. The number of aromatic nitrogens is 2. The first-order valence-electron chi connectivity index (χ1n) is 12.6. The molecule has 2 aromatic rings. The monoisotopic (exact) mass is 466 g/mol. The number of nitrogens with zero attached hydrogens (tertiary/aromatic N) is 4. The number of piperidine rings is 2. The zero-order chi connectivity index (χ0) is 23.7. The van der Waals surface area contributed by atoms with Gasteiger partial charge in [0, 0.05) is 50.3 Å². The number of hydrogen-bond donors (Lipinski definition) is 1. The van der Waals surface area contributed by atoms with Gasteiger partial charge in [0.05, 0.1) is 6.10 Å². The molecule has 0 radical (unpaired) electrons. The van der Waals surface area contributed by atoms with Gasteiger partial charge < -0.3 is 19.6 Å². The van der Waals surface area contributed by atoms with Crippen molar-refractivity contribution in [3.63, 3.8) is 0 Å². The second-order valence-electron chi connectivity index (χ2n) is 9.77. The third kappa shape index (κ3) is 4.69. The average molecular weight is 467 g/mol. The van der Waals surface area contributed by atoms with E-state index in [1.54, 1.807) is 9.58 Å². The van der Waals surface area contributed by atoms with Crippen LogP contribution in [-0.2, 0) is 24.2 Å². The molecule has 1 aromatic carbocycles. The molecule has 1 aliphatic carbocycles. The first kappa shape index (κ1) is 22.9. The van der Waals surface area contributed by atoms with Crippen LogP contribution in [-0.4, -0.2) is 74.9 Å². The van der Waals surface area contributed by atoms with Crippen molar-refractivity contribution in [2.24, 2.45) is 0 Å². The number of hydrogen-bond acceptors (Lipinski definition) is 5. The van der Waals surface area contributed by atoms with Gasteiger partial charge in [0.15, 0.2) is 5.69 Å². The van der Waals surface area contributed by atoms with Gasteiger partial charge >= 0.3 is 0 Å². The van der Waals surface area contributed by atoms with Gasteiger partial charge in [0.1, 0.15) is 18.4 Å². The number of ether oxygens (including phenoxy) is 1. The van der Waals surface area contributed by atoms with Crippen LogP contribution >= 0.6 is 0 Å². The summed E-state index contributed by atoms with van der Waals surface area (Å²) in [6, 6.07) is 8.03. The molecule has 1 N–H and O–H groups in total. The Morgan fingerprint density at radius 1 is 1.03 bits per heavy atom. The van der Waals surface area contributed by atoms with E-state index in [0.29, 0.717) is 44.7 Å². The smallest absolute Gasteiger partial charge is 0.274 e. The number of rotatable bonds is 5. The molecule has 3 heterocycles. The molecule has 182 valence electrons. The van der Waals surface area contributed by atoms with E-state index < -0.39 is 0 Å². The summed E-state index contributed by atoms with van der Waals surface area (Å²) in [5.74, 6) is 0.900. The van der Waals surface area contributed by atoms with Gasteiger partial charge in [-0.05, 0) is 50.7 Å². The topological polar surface area (TPSA) is 87.9 Å². The van der Waals surface area contributed by atoms with Gasteiger partial charge in [-0.2, -0.15) is 5.10 Å². The molecule has 2 amide bonds. The first-order chi connectivity index (χ1) is 16.5. The van der Waals surface area contributed by atoms with Crippen molar-refractivity contribution >= 4 is 11.8 Å². The summed E-state index contributed by atoms with van der Waals surface area (Å²) in [7, 11) is 0. The Balaban J connectivity index is 1.20. The summed E-state index contributed by atoms with van der Waals surface area (Å²) >= 11 is 0. The van der Waals surface area contributed by atoms with Crippen LogP contribution in [0.5, 0.6) is 5.75 Å². The molecule has 1 aromatic heterocycles. The molecule has 0 saturated carbocycles. The SMILES string of the molecule is Cc1ccccc1OC1CCN(C(=O)Cn2nc(C(=O)N3CCC(O)CC3)c3c2CCC3)CC1. The van der Waals surface area contributed by atoms with Gasteiger partial charge in [0.25, 0.3) is 5.91 Å². The van der Waals surface area contributed by atoms with E-state index >= 15 is 0 Å². The Kier molecular flexibility index (Phi) is 6.59. The van der Waals surface area contributed by atoms with Gasteiger partial charge in [-0.25, -0.2) is 0 Å². The minimum atomic E-state index is -0.323. The van der Waals surface area contributed by atoms with E-state index in [1.807, 2.05) is 36.1 Å². The van der Waals surface area contributed by atoms with Crippen molar-refractivity contribution in [1.82, 2.24) is 19.6 Å². The van der Waals surface area contributed by atoms with Crippen molar-refractivity contribution in [3.05, 3.63) is 46.8 Å². The van der Waals surface area contributed by atoms with E-state index in [9.17, 15) is 14.7 Å². The molecule has 8 heteroatoms. The Labute approximate surface area is 200 Å². The van der Waals surface area contributed by atoms with Crippen LogP contribution in [0.4, 0.5) is 0 Å². The number of fused-ring (bicyclic) bond motifs is 1. The molecular formula is C26H34N4O4. The van der Waals surface area contributed by atoms with Crippen LogP contribution in [0.2, 0.25) is 0 Å². The summed E-state index contributed by atoms with van der Waals surface area (Å²) < 4.78 is 7.94. The third-order valence-electron chi connectivity index (χ3n) is 7.43. The van der Waals surface area contributed by atoms with E-state index in [1.165, 1.54) is 0 Å². The van der Waals surface area contributed by atoms with Crippen molar-refractivity contribution < 1.29 is 19.4 Å². The minimum absolute atomic E-state index is 0.0478. The number of aliphatic hydroxyl groups is 1. The lowest BCUT2D eigenvalue weighted by atomic mass is 10.1. The highest BCUT2D eigenvalue weighted by Crippen LogP contribution is 2.28. The summed E-state index contributed by atoms with van der Waals surface area (Å²) in [5.41, 5.74) is 3.67. The van der Waals surface area contributed by atoms with E-state index in [0.717, 1.165) is 54.7 Å². The minimum Gasteiger partial charge on any atom is -0.490 e. The third-order valence-corrected chi connectivity index (χ3v) is 7.43. The van der Waals surface area contributed by atoms with Crippen molar-refractivity contribution in [2.75, 3.05) is 26.2 Å². The molecule has 0 unspecified atom stereocenters. The van der Waals surface area contributed by atoms with Crippen molar-refractivity contribution in [2.45, 2.75) is 70.6 Å². The fraction of sp³-hybridized carbons (Fsp3) is 0.577. The van der Waals surface area contributed by atoms with Gasteiger partial charge in [0.2, 0.25) is 5.91 Å². The Hall–Kier alpha value is -2.87. The van der Waals surface area contributed by atoms with Crippen LogP contribution in [0.1, 0.15) is 59.4 Å². The van der Waals surface area contributed by atoms with E-state index in [-0.39, 0.29) is 30.6 Å². The average Bonchev–Trinajstić information content (AvgIpc) is 3.45. The zero-order valence-corrected chi connectivity index (χ0v) is 19.9. The second kappa shape index (κ2) is 9.78. The molecular weight excluding hydrogens is 432 g/mol. The highest BCUT2D eigenvalue weighted by Gasteiger charge is 2.32. The predicted octanol–water partition coefficient (Wildman–Crippen LogP) is 2.35. The normalized spacial score (nSPS) is 19.4. The number of para-hydroxylation sites is 1. The maximum atomic E-state index is 13.1. The second-order valence-corrected chi connectivity index (χ2v) is 9.77. The molecule has 0 bridgehead atoms. The zero-order valence-electron chi connectivity index (χ0n) is 19.9. The number of carbonyl (C=O) groups is 2. The van der Waals surface area contributed by atoms with Crippen molar-refractivity contribution in [1.29, 1.82) is 0 Å². The standard InChI is InChI=1S/C26H34N4O4/c1-18-5-2-3-8-23(18)34-20-11-15-28(16-12-20)24(32)17-30-22-7-4-6-21(22)25(27-30)26(33)29-13-9-19(31)10-14-29/h2-3,5,8,19-20,31H,4,6-7,9-17H2,1H3. The first-order valence-corrected chi connectivity index (χ1v) is 12.6. The molecule has 2 fully saturated rings. The Morgan fingerprint density at radius 3 is 2.47 bits per heavy atom. The van der Waals surface area contributed by atoms with E-state index in [2.05, 4.69) is 5.10 Å².